The number of allylic oxidation sites excluding steroid dienone is 1. The Balaban J connectivity index is 2.64. The van der Waals surface area contributed by atoms with Crippen molar-refractivity contribution in [3.63, 3.8) is 0 Å². The van der Waals surface area contributed by atoms with Crippen LogP contribution in [0.25, 0.3) is 0 Å². The topological polar surface area (TPSA) is 66.5 Å². The molecule has 0 aliphatic carbocycles. The minimum absolute atomic E-state index is 0.0110. The summed E-state index contributed by atoms with van der Waals surface area (Å²) in [4.78, 5) is 13.8. The number of rotatable bonds is 4. The molecule has 0 unspecified atom stereocenters. The fourth-order valence-electron chi connectivity index (χ4n) is 2.20. The molecule has 1 aliphatic rings. The maximum Gasteiger partial charge on any atom is 0.249 e. The van der Waals surface area contributed by atoms with Crippen LogP contribution < -0.4 is 4.72 Å². The van der Waals surface area contributed by atoms with E-state index in [-0.39, 0.29) is 11.9 Å². The SMILES string of the molecule is CC/C=C(\C)C(=O)N1CCC[C@@H](NS(C)(=O)=O)C1. The lowest BCUT2D eigenvalue weighted by atomic mass is 10.1. The van der Waals surface area contributed by atoms with Crippen molar-refractivity contribution in [3.8, 4) is 0 Å². The van der Waals surface area contributed by atoms with Crippen LogP contribution in [0.4, 0.5) is 0 Å². The van der Waals surface area contributed by atoms with Crippen LogP contribution in [0.2, 0.25) is 0 Å². The van der Waals surface area contributed by atoms with E-state index in [2.05, 4.69) is 4.72 Å². The molecule has 0 bridgehead atoms. The molecule has 1 fully saturated rings. The number of likely N-dealkylation sites (tertiary alicyclic amines) is 1. The number of piperidine rings is 1. The molecule has 1 rings (SSSR count). The Labute approximate surface area is 109 Å². The minimum atomic E-state index is -3.21. The molecule has 18 heavy (non-hydrogen) atoms. The second-order valence-electron chi connectivity index (χ2n) is 4.78. The molecule has 1 atom stereocenters. The van der Waals surface area contributed by atoms with Gasteiger partial charge in [-0.1, -0.05) is 13.0 Å². The fraction of sp³-hybridized carbons (Fsp3) is 0.750. The van der Waals surface area contributed by atoms with Crippen molar-refractivity contribution < 1.29 is 13.2 Å². The van der Waals surface area contributed by atoms with Crippen molar-refractivity contribution in [1.82, 2.24) is 9.62 Å². The van der Waals surface area contributed by atoms with E-state index in [1.165, 1.54) is 0 Å². The molecule has 0 aromatic carbocycles. The Morgan fingerprint density at radius 1 is 1.50 bits per heavy atom. The van der Waals surface area contributed by atoms with Crippen molar-refractivity contribution >= 4 is 15.9 Å². The lowest BCUT2D eigenvalue weighted by molar-refractivity contribution is -0.128. The zero-order chi connectivity index (χ0) is 13.8. The maximum absolute atomic E-state index is 12.1. The van der Waals surface area contributed by atoms with Gasteiger partial charge >= 0.3 is 0 Å². The quantitative estimate of drug-likeness (QED) is 0.774. The summed E-state index contributed by atoms with van der Waals surface area (Å²) in [5, 5.41) is 0. The Hall–Kier alpha value is -0.880. The summed E-state index contributed by atoms with van der Waals surface area (Å²) in [5.41, 5.74) is 0.734. The molecule has 0 aromatic heterocycles. The lowest BCUT2D eigenvalue weighted by Gasteiger charge is -2.33. The van der Waals surface area contributed by atoms with E-state index in [1.54, 1.807) is 11.8 Å². The van der Waals surface area contributed by atoms with Gasteiger partial charge in [-0.3, -0.25) is 4.79 Å². The van der Waals surface area contributed by atoms with Crippen LogP contribution >= 0.6 is 0 Å². The van der Waals surface area contributed by atoms with E-state index in [1.807, 2.05) is 13.0 Å². The number of hydrogen-bond acceptors (Lipinski definition) is 3. The van der Waals surface area contributed by atoms with Crippen molar-refractivity contribution in [2.45, 2.75) is 39.2 Å². The smallest absolute Gasteiger partial charge is 0.249 e. The molecule has 1 aliphatic heterocycles. The number of nitrogens with one attached hydrogen (secondary N) is 1. The summed E-state index contributed by atoms with van der Waals surface area (Å²) >= 11 is 0. The largest absolute Gasteiger partial charge is 0.337 e. The molecule has 6 heteroatoms. The van der Waals surface area contributed by atoms with E-state index in [9.17, 15) is 13.2 Å². The van der Waals surface area contributed by atoms with Gasteiger partial charge < -0.3 is 4.90 Å². The van der Waals surface area contributed by atoms with Gasteiger partial charge in [-0.15, -0.1) is 0 Å². The van der Waals surface area contributed by atoms with Crippen molar-refractivity contribution in [2.75, 3.05) is 19.3 Å². The van der Waals surface area contributed by atoms with Crippen molar-refractivity contribution in [1.29, 1.82) is 0 Å². The second-order valence-corrected chi connectivity index (χ2v) is 6.56. The highest BCUT2D eigenvalue weighted by Gasteiger charge is 2.25. The van der Waals surface area contributed by atoms with Crippen LogP contribution in [0.1, 0.15) is 33.1 Å². The number of carbonyl (C=O) groups excluding carboxylic acids is 1. The zero-order valence-electron chi connectivity index (χ0n) is 11.3. The molecule has 0 radical (unpaired) electrons. The minimum Gasteiger partial charge on any atom is -0.337 e. The fourth-order valence-corrected chi connectivity index (χ4v) is 3.00. The van der Waals surface area contributed by atoms with Crippen LogP contribution in [0.5, 0.6) is 0 Å². The Morgan fingerprint density at radius 3 is 2.72 bits per heavy atom. The van der Waals surface area contributed by atoms with Gasteiger partial charge in [-0.05, 0) is 26.2 Å². The van der Waals surface area contributed by atoms with Crippen LogP contribution in [0, 0.1) is 0 Å². The molecule has 5 nitrogen and oxygen atoms in total. The van der Waals surface area contributed by atoms with Crippen LogP contribution in [-0.4, -0.2) is 44.6 Å². The van der Waals surface area contributed by atoms with Crippen LogP contribution in [-0.2, 0) is 14.8 Å². The summed E-state index contributed by atoms with van der Waals surface area (Å²) in [5.74, 6) is 0.0110. The van der Waals surface area contributed by atoms with E-state index in [0.717, 1.165) is 31.1 Å². The number of nitrogens with zero attached hydrogens (tertiary/aromatic N) is 1. The van der Waals surface area contributed by atoms with E-state index >= 15 is 0 Å². The third kappa shape index (κ3) is 4.78. The molecule has 0 saturated carbocycles. The molecule has 1 heterocycles. The first-order valence-corrected chi connectivity index (χ1v) is 8.16. The molecular formula is C12H22N2O3S. The summed E-state index contributed by atoms with van der Waals surface area (Å²) in [6.07, 6.45) is 5.49. The number of hydrogen-bond donors (Lipinski definition) is 1. The maximum atomic E-state index is 12.1. The van der Waals surface area contributed by atoms with Crippen molar-refractivity contribution in [2.24, 2.45) is 0 Å². The predicted molar refractivity (Wildman–Crippen MR) is 71.6 cm³/mol. The molecule has 0 aromatic rings. The highest BCUT2D eigenvalue weighted by Crippen LogP contribution is 2.13. The molecule has 1 amide bonds. The molecule has 1 saturated heterocycles. The van der Waals surface area contributed by atoms with Crippen LogP contribution in [0.15, 0.2) is 11.6 Å². The first-order chi connectivity index (χ1) is 8.33. The third-order valence-corrected chi connectivity index (χ3v) is 3.70. The summed E-state index contributed by atoms with van der Waals surface area (Å²) in [6.45, 7) is 4.96. The average Bonchev–Trinajstić information content (AvgIpc) is 2.26. The second kappa shape index (κ2) is 6.33. The van der Waals surface area contributed by atoms with E-state index < -0.39 is 10.0 Å². The van der Waals surface area contributed by atoms with Gasteiger partial charge in [0.2, 0.25) is 15.9 Å². The van der Waals surface area contributed by atoms with Gasteiger partial charge in [0.05, 0.1) is 6.26 Å². The van der Waals surface area contributed by atoms with Gasteiger partial charge in [-0.25, -0.2) is 13.1 Å². The first-order valence-electron chi connectivity index (χ1n) is 6.27. The average molecular weight is 274 g/mol. The molecular weight excluding hydrogens is 252 g/mol. The Bertz CT molecular complexity index is 429. The van der Waals surface area contributed by atoms with Gasteiger partial charge in [0.15, 0.2) is 0 Å². The monoisotopic (exact) mass is 274 g/mol. The normalized spacial score (nSPS) is 22.1. The van der Waals surface area contributed by atoms with Gasteiger partial charge in [0, 0.05) is 24.7 Å². The zero-order valence-corrected chi connectivity index (χ0v) is 12.1. The molecule has 104 valence electrons. The highest BCUT2D eigenvalue weighted by molar-refractivity contribution is 7.88. The summed E-state index contributed by atoms with van der Waals surface area (Å²) < 4.78 is 24.9. The highest BCUT2D eigenvalue weighted by atomic mass is 32.2. The number of sulfonamides is 1. The van der Waals surface area contributed by atoms with E-state index in [4.69, 9.17) is 0 Å². The Kier molecular flexibility index (Phi) is 5.34. The summed E-state index contributed by atoms with van der Waals surface area (Å²) in [6, 6.07) is -0.160. The Morgan fingerprint density at radius 2 is 2.17 bits per heavy atom. The van der Waals surface area contributed by atoms with Gasteiger partial charge in [0.25, 0.3) is 0 Å². The van der Waals surface area contributed by atoms with Gasteiger partial charge in [-0.2, -0.15) is 0 Å². The number of amides is 1. The van der Waals surface area contributed by atoms with Crippen molar-refractivity contribution in [3.05, 3.63) is 11.6 Å². The molecule has 1 N–H and O–H groups in total. The van der Waals surface area contributed by atoms with Gasteiger partial charge in [0.1, 0.15) is 0 Å². The first kappa shape index (κ1) is 15.2. The number of carbonyl (C=O) groups is 1. The molecule has 0 spiro atoms. The summed E-state index contributed by atoms with van der Waals surface area (Å²) in [7, 11) is -3.21. The third-order valence-electron chi connectivity index (χ3n) is 2.94. The predicted octanol–water partition coefficient (Wildman–Crippen LogP) is 0.883. The standard InChI is InChI=1S/C12H22N2O3S/c1-4-6-10(2)12(15)14-8-5-7-11(9-14)13-18(3,16)17/h6,11,13H,4-5,7-9H2,1-3H3/b10-6+/t11-/m1/s1. The van der Waals surface area contributed by atoms with Crippen LogP contribution in [0.3, 0.4) is 0 Å². The van der Waals surface area contributed by atoms with E-state index in [0.29, 0.717) is 13.1 Å². The lowest BCUT2D eigenvalue weighted by Crippen LogP contribution is -2.49.